The van der Waals surface area contributed by atoms with Gasteiger partial charge >= 0.3 is 0 Å². The quantitative estimate of drug-likeness (QED) is 0.316. The van der Waals surface area contributed by atoms with Crippen molar-refractivity contribution < 1.29 is 44.3 Å². The molecule has 2 aromatic carbocycles. The molecule has 0 aliphatic carbocycles. The number of carbonyl (C=O) groups is 1. The molecule has 43 heavy (non-hydrogen) atoms. The maximum absolute atomic E-state index is 16.5. The van der Waals surface area contributed by atoms with Gasteiger partial charge in [0.1, 0.15) is 38.7 Å². The normalized spacial score (nSPS) is 17.4. The Morgan fingerprint density at radius 1 is 1.05 bits per heavy atom. The van der Waals surface area contributed by atoms with Gasteiger partial charge in [-0.15, -0.1) is 0 Å². The maximum atomic E-state index is 16.5. The molecule has 228 valence electrons. The molecule has 15 heteroatoms. The Bertz CT molecular complexity index is 1930. The molecule has 11 nitrogen and oxygen atoms in total. The summed E-state index contributed by atoms with van der Waals surface area (Å²) in [6.07, 6.45) is -0.393. The number of pyridine rings is 1. The van der Waals surface area contributed by atoms with Gasteiger partial charge in [-0.05, 0) is 55.5 Å². The zero-order valence-corrected chi connectivity index (χ0v) is 25.1. The second kappa shape index (κ2) is 11.2. The number of amides is 1. The van der Waals surface area contributed by atoms with Gasteiger partial charge in [-0.1, -0.05) is 0 Å². The first-order valence-electron chi connectivity index (χ1n) is 12.9. The Morgan fingerprint density at radius 2 is 1.65 bits per heavy atom. The van der Waals surface area contributed by atoms with Crippen LogP contribution >= 0.6 is 0 Å². The van der Waals surface area contributed by atoms with Crippen LogP contribution in [0.15, 0.2) is 52.9 Å². The summed E-state index contributed by atoms with van der Waals surface area (Å²) >= 11 is 0. The number of nitrogens with zero attached hydrogens (tertiary/aromatic N) is 2. The molecule has 0 spiro atoms. The van der Waals surface area contributed by atoms with Gasteiger partial charge < -0.3 is 19.2 Å². The topological polar surface area (TPSA) is 145 Å². The zero-order valence-electron chi connectivity index (χ0n) is 23.4. The van der Waals surface area contributed by atoms with Crippen molar-refractivity contribution in [3.05, 3.63) is 71.3 Å². The predicted molar refractivity (Wildman–Crippen MR) is 154 cm³/mol. The smallest absolute Gasteiger partial charge is 0.255 e. The standard InChI is InChI=1S/C28H27F2N3O8S2/c1-15-21-24(30)22-23(27(34)31-2)25(16-5-9-18(10-6-16)40-19-11-7-17(29)8-12-19)41-28(22)32-26(21)33(43(4,37)38)13-20(39-15)14-42(3,35)36/h5-12,15,20H,13-14H2,1-4H3,(H,31,34)/t15-,20-/m0/s1. The number of halogens is 2. The number of anilines is 1. The van der Waals surface area contributed by atoms with Gasteiger partial charge in [0.15, 0.2) is 5.82 Å². The minimum Gasteiger partial charge on any atom is -0.457 e. The van der Waals surface area contributed by atoms with Crippen molar-refractivity contribution in [3.63, 3.8) is 0 Å². The molecule has 0 saturated heterocycles. The molecule has 1 aliphatic rings. The predicted octanol–water partition coefficient (Wildman–Crippen LogP) is 4.20. The Balaban J connectivity index is 1.65. The second-order valence-electron chi connectivity index (χ2n) is 10.1. The summed E-state index contributed by atoms with van der Waals surface area (Å²) in [6.45, 7) is 1.00. The van der Waals surface area contributed by atoms with Crippen LogP contribution in [0.5, 0.6) is 11.5 Å². The summed E-state index contributed by atoms with van der Waals surface area (Å²) in [5.41, 5.74) is -0.448. The van der Waals surface area contributed by atoms with Gasteiger partial charge in [-0.2, -0.15) is 4.98 Å². The van der Waals surface area contributed by atoms with Crippen LogP contribution in [-0.2, 0) is 24.6 Å². The highest BCUT2D eigenvalue weighted by Gasteiger charge is 2.39. The Hall–Kier alpha value is -4.08. The number of fused-ring (bicyclic) bond motifs is 2. The maximum Gasteiger partial charge on any atom is 0.255 e. The number of benzene rings is 2. The first kappa shape index (κ1) is 30.4. The lowest BCUT2D eigenvalue weighted by molar-refractivity contribution is 0.0177. The fraction of sp³-hybridized carbons (Fsp3) is 0.286. The minimum absolute atomic E-state index is 0.0383. The van der Waals surface area contributed by atoms with Crippen molar-refractivity contribution in [1.82, 2.24) is 10.3 Å². The molecule has 1 N–H and O–H groups in total. The van der Waals surface area contributed by atoms with Crippen molar-refractivity contribution in [3.8, 4) is 22.8 Å². The molecule has 2 aromatic heterocycles. The highest BCUT2D eigenvalue weighted by atomic mass is 32.2. The number of rotatable bonds is 7. The van der Waals surface area contributed by atoms with E-state index in [2.05, 4.69) is 10.3 Å². The minimum atomic E-state index is -4.10. The molecule has 4 aromatic rings. The van der Waals surface area contributed by atoms with Gasteiger partial charge in [0.05, 0.1) is 47.3 Å². The SMILES string of the molecule is CNC(=O)c1c(-c2ccc(Oc3ccc(F)cc3)cc2)oc2nc3c(c(F)c12)[C@H](C)O[C@H](CS(C)(=O)=O)CN3S(C)(=O)=O. The third-order valence-corrected chi connectivity index (χ3v) is 8.81. The van der Waals surface area contributed by atoms with Gasteiger partial charge in [-0.3, -0.25) is 9.10 Å². The number of sulfone groups is 1. The van der Waals surface area contributed by atoms with E-state index in [1.165, 1.54) is 38.2 Å². The molecule has 3 heterocycles. The summed E-state index contributed by atoms with van der Waals surface area (Å²) in [5, 5.41) is 2.16. The van der Waals surface area contributed by atoms with Crippen LogP contribution in [-0.4, -0.2) is 65.7 Å². The Labute approximate surface area is 246 Å². The molecule has 0 fully saturated rings. The van der Waals surface area contributed by atoms with E-state index in [9.17, 15) is 26.0 Å². The lowest BCUT2D eigenvalue weighted by Gasteiger charge is -2.23. The number of nitrogens with one attached hydrogen (secondary N) is 1. The monoisotopic (exact) mass is 635 g/mol. The average Bonchev–Trinajstić information content (AvgIpc) is 3.24. The highest BCUT2D eigenvalue weighted by molar-refractivity contribution is 7.92. The Kier molecular flexibility index (Phi) is 7.92. The number of carbonyl (C=O) groups excluding carboxylic acids is 1. The molecule has 1 aliphatic heterocycles. The number of sulfonamides is 1. The fourth-order valence-corrected chi connectivity index (χ4v) is 6.64. The largest absolute Gasteiger partial charge is 0.457 e. The van der Waals surface area contributed by atoms with Crippen molar-refractivity contribution in [2.24, 2.45) is 0 Å². The molecule has 5 rings (SSSR count). The van der Waals surface area contributed by atoms with Gasteiger partial charge in [-0.25, -0.2) is 25.6 Å². The van der Waals surface area contributed by atoms with Crippen molar-refractivity contribution in [2.45, 2.75) is 19.1 Å². The lowest BCUT2D eigenvalue weighted by Crippen LogP contribution is -2.40. The van der Waals surface area contributed by atoms with Crippen LogP contribution in [0.4, 0.5) is 14.6 Å². The van der Waals surface area contributed by atoms with Crippen LogP contribution in [0.1, 0.15) is 28.9 Å². The van der Waals surface area contributed by atoms with Gasteiger partial charge in [0.25, 0.3) is 5.91 Å². The summed E-state index contributed by atoms with van der Waals surface area (Å²) in [4.78, 5) is 17.4. The van der Waals surface area contributed by atoms with Crippen LogP contribution in [0.3, 0.4) is 0 Å². The summed E-state index contributed by atoms with van der Waals surface area (Å²) in [7, 11) is -6.34. The summed E-state index contributed by atoms with van der Waals surface area (Å²) < 4.78 is 97.6. The molecule has 2 atom stereocenters. The van der Waals surface area contributed by atoms with E-state index in [0.29, 0.717) is 17.1 Å². The van der Waals surface area contributed by atoms with E-state index >= 15 is 4.39 Å². The van der Waals surface area contributed by atoms with Crippen molar-refractivity contribution in [1.29, 1.82) is 0 Å². The van der Waals surface area contributed by atoms with Crippen LogP contribution in [0.2, 0.25) is 0 Å². The summed E-state index contributed by atoms with van der Waals surface area (Å²) in [6, 6.07) is 11.7. The third kappa shape index (κ3) is 6.19. The number of hydrogen-bond acceptors (Lipinski definition) is 9. The molecular weight excluding hydrogens is 608 g/mol. The van der Waals surface area contributed by atoms with E-state index in [1.807, 2.05) is 0 Å². The van der Waals surface area contributed by atoms with Gasteiger partial charge in [0.2, 0.25) is 15.7 Å². The first-order valence-corrected chi connectivity index (χ1v) is 16.8. The van der Waals surface area contributed by atoms with Crippen LogP contribution < -0.4 is 14.4 Å². The van der Waals surface area contributed by atoms with E-state index in [1.54, 1.807) is 24.3 Å². The number of hydrogen-bond donors (Lipinski definition) is 1. The second-order valence-corrected chi connectivity index (χ2v) is 14.2. The molecule has 0 unspecified atom stereocenters. The summed E-state index contributed by atoms with van der Waals surface area (Å²) in [5.74, 6) is -2.20. The first-order chi connectivity index (χ1) is 20.2. The third-order valence-electron chi connectivity index (χ3n) is 6.71. The molecule has 0 radical (unpaired) electrons. The molecule has 0 saturated carbocycles. The zero-order chi connectivity index (χ0) is 31.3. The van der Waals surface area contributed by atoms with Crippen LogP contribution in [0.25, 0.3) is 22.4 Å². The molecule has 0 bridgehead atoms. The van der Waals surface area contributed by atoms with Crippen molar-refractivity contribution in [2.75, 3.05) is 36.2 Å². The van der Waals surface area contributed by atoms with E-state index in [4.69, 9.17) is 13.9 Å². The highest BCUT2D eigenvalue weighted by Crippen LogP contribution is 2.42. The lowest BCUT2D eigenvalue weighted by atomic mass is 10.0. The average molecular weight is 636 g/mol. The van der Waals surface area contributed by atoms with E-state index in [-0.39, 0.29) is 33.8 Å². The molecular formula is C28H27F2N3O8S2. The van der Waals surface area contributed by atoms with E-state index < -0.39 is 61.9 Å². The van der Waals surface area contributed by atoms with E-state index in [0.717, 1.165) is 16.8 Å². The number of furan rings is 1. The molecule has 1 amide bonds. The fourth-order valence-electron chi connectivity index (χ4n) is 4.89. The van der Waals surface area contributed by atoms with Crippen molar-refractivity contribution >= 4 is 42.7 Å². The van der Waals surface area contributed by atoms with Crippen LogP contribution in [0, 0.1) is 11.6 Å². The van der Waals surface area contributed by atoms with Gasteiger partial charge in [0, 0.05) is 18.9 Å². The number of aromatic nitrogens is 1. The Morgan fingerprint density at radius 3 is 2.21 bits per heavy atom. The number of ether oxygens (including phenoxy) is 2.